The molecule has 4 rings (SSSR count). The van der Waals surface area contributed by atoms with Crippen LogP contribution in [0, 0.1) is 0 Å². The summed E-state index contributed by atoms with van der Waals surface area (Å²) in [6.07, 6.45) is 4.83. The van der Waals surface area contributed by atoms with Crippen molar-refractivity contribution in [1.29, 1.82) is 0 Å². The first-order chi connectivity index (χ1) is 14.1. The molecule has 154 valence electrons. The van der Waals surface area contributed by atoms with Crippen LogP contribution in [0.1, 0.15) is 16.7 Å². The Morgan fingerprint density at radius 2 is 1.83 bits per heavy atom. The summed E-state index contributed by atoms with van der Waals surface area (Å²) in [5.41, 5.74) is 4.96. The van der Waals surface area contributed by atoms with E-state index < -0.39 is 6.61 Å². The predicted octanol–water partition coefficient (Wildman–Crippen LogP) is 4.43. The second kappa shape index (κ2) is 8.93. The van der Waals surface area contributed by atoms with Gasteiger partial charge in [0.2, 0.25) is 0 Å². The molecular weight excluding hydrogens is 374 g/mol. The maximum absolute atomic E-state index is 12.1. The molecule has 0 atom stereocenters. The third-order valence-corrected chi connectivity index (χ3v) is 5.54. The van der Waals surface area contributed by atoms with Gasteiger partial charge in [-0.05, 0) is 42.3 Å². The van der Waals surface area contributed by atoms with E-state index in [1.807, 2.05) is 30.3 Å². The second-order valence-electron chi connectivity index (χ2n) is 7.59. The zero-order valence-corrected chi connectivity index (χ0v) is 16.5. The summed E-state index contributed by atoms with van der Waals surface area (Å²) in [5.74, 6) is 0.903. The van der Waals surface area contributed by atoms with E-state index in [9.17, 15) is 8.78 Å². The number of alkyl halides is 2. The van der Waals surface area contributed by atoms with Crippen molar-refractivity contribution >= 4 is 10.9 Å². The molecule has 4 nitrogen and oxygen atoms in total. The Morgan fingerprint density at radius 1 is 1.07 bits per heavy atom. The number of nitrogens with one attached hydrogen (secondary N) is 1. The highest BCUT2D eigenvalue weighted by Crippen LogP contribution is 2.32. The first kappa shape index (κ1) is 19.9. The van der Waals surface area contributed by atoms with Gasteiger partial charge in [-0.2, -0.15) is 8.78 Å². The summed E-state index contributed by atoms with van der Waals surface area (Å²) in [5, 5.41) is 1.11. The first-order valence-corrected chi connectivity index (χ1v) is 10.0. The smallest absolute Gasteiger partial charge is 0.345 e. The quantitative estimate of drug-likeness (QED) is 0.578. The molecule has 29 heavy (non-hydrogen) atoms. The number of aromatic amines is 1. The number of hydrogen-bond acceptors (Lipinski definition) is 3. The Kier molecular flexibility index (Phi) is 6.11. The summed E-state index contributed by atoms with van der Waals surface area (Å²) in [6.45, 7) is -1.46. The fraction of sp³-hybridized carbons (Fsp3) is 0.391. The van der Waals surface area contributed by atoms with Crippen molar-refractivity contribution in [1.82, 2.24) is 9.88 Å². The number of halogens is 2. The molecule has 0 radical (unpaired) electrons. The van der Waals surface area contributed by atoms with Crippen molar-refractivity contribution in [3.63, 3.8) is 0 Å². The van der Waals surface area contributed by atoms with Crippen LogP contribution in [-0.4, -0.2) is 49.3 Å². The summed E-state index contributed by atoms with van der Waals surface area (Å²) in [4.78, 5) is 5.33. The van der Waals surface area contributed by atoms with Gasteiger partial charge in [0.05, 0.1) is 6.61 Å². The largest absolute Gasteiger partial charge is 0.489 e. The molecule has 0 saturated carbocycles. The van der Waals surface area contributed by atoms with Crippen LogP contribution < -0.4 is 4.74 Å². The highest BCUT2D eigenvalue weighted by Gasteiger charge is 2.23. The molecular formula is C23H26F2N2O2. The lowest BCUT2D eigenvalue weighted by Crippen LogP contribution is -2.26. The third-order valence-electron chi connectivity index (χ3n) is 5.54. The average molecular weight is 400 g/mol. The molecule has 0 amide bonds. The lowest BCUT2D eigenvalue weighted by molar-refractivity contribution is -0.131. The van der Waals surface area contributed by atoms with Gasteiger partial charge in [-0.25, -0.2) is 0 Å². The van der Waals surface area contributed by atoms with Gasteiger partial charge in [-0.1, -0.05) is 30.3 Å². The Morgan fingerprint density at radius 3 is 2.55 bits per heavy atom. The molecule has 0 bridgehead atoms. The molecule has 2 aromatic carbocycles. The van der Waals surface area contributed by atoms with Gasteiger partial charge in [0.15, 0.2) is 0 Å². The highest BCUT2D eigenvalue weighted by atomic mass is 19.3. The number of fused-ring (bicyclic) bond motifs is 2. The van der Waals surface area contributed by atoms with Crippen LogP contribution in [0.25, 0.3) is 10.9 Å². The maximum atomic E-state index is 12.1. The van der Waals surface area contributed by atoms with Crippen molar-refractivity contribution in [2.75, 3.05) is 26.7 Å². The van der Waals surface area contributed by atoms with E-state index >= 15 is 0 Å². The van der Waals surface area contributed by atoms with Gasteiger partial charge in [-0.3, -0.25) is 0 Å². The zero-order chi connectivity index (χ0) is 20.2. The summed E-state index contributed by atoms with van der Waals surface area (Å²) < 4.78 is 35.0. The van der Waals surface area contributed by atoms with Crippen LogP contribution in [-0.2, 0) is 24.0 Å². The molecule has 0 aliphatic heterocycles. The minimum atomic E-state index is -2.71. The minimum Gasteiger partial charge on any atom is -0.489 e. The molecule has 3 aromatic rings. The topological polar surface area (TPSA) is 37.5 Å². The van der Waals surface area contributed by atoms with Gasteiger partial charge in [0.1, 0.15) is 11.9 Å². The Labute approximate surface area is 169 Å². The summed E-state index contributed by atoms with van der Waals surface area (Å²) in [7, 11) is 1.91. The van der Waals surface area contributed by atoms with E-state index in [2.05, 4.69) is 40.1 Å². The van der Waals surface area contributed by atoms with E-state index in [4.69, 9.17) is 4.74 Å². The number of H-pyrrole nitrogens is 1. The normalized spacial score (nSPS) is 14.2. The third kappa shape index (κ3) is 4.77. The lowest BCUT2D eigenvalue weighted by Gasteiger charge is -2.17. The number of rotatable bonds is 9. The lowest BCUT2D eigenvalue weighted by atomic mass is 10.1. The molecule has 6 heteroatoms. The van der Waals surface area contributed by atoms with Gasteiger partial charge >= 0.3 is 6.61 Å². The van der Waals surface area contributed by atoms with Crippen molar-refractivity contribution in [2.24, 2.45) is 0 Å². The molecule has 0 unspecified atom stereocenters. The molecule has 1 heterocycles. The molecule has 1 N–H and O–H groups in total. The number of aromatic nitrogens is 1. The zero-order valence-electron chi connectivity index (χ0n) is 16.5. The molecule has 1 aromatic heterocycles. The Bertz CT molecular complexity index is 932. The highest BCUT2D eigenvalue weighted by molar-refractivity contribution is 5.89. The van der Waals surface area contributed by atoms with Gasteiger partial charge in [0.25, 0.3) is 0 Å². The second-order valence-corrected chi connectivity index (χ2v) is 7.59. The number of nitrogens with zero attached hydrogens (tertiary/aromatic N) is 1. The van der Waals surface area contributed by atoms with Crippen molar-refractivity contribution in [2.45, 2.75) is 32.0 Å². The fourth-order valence-electron chi connectivity index (χ4n) is 4.02. The Hall–Kier alpha value is -2.44. The number of ether oxygens (including phenoxy) is 2. The van der Waals surface area contributed by atoms with Crippen LogP contribution >= 0.6 is 0 Å². The van der Waals surface area contributed by atoms with Gasteiger partial charge in [0, 0.05) is 43.0 Å². The summed E-state index contributed by atoms with van der Waals surface area (Å²) in [6, 6.07) is 14.6. The van der Waals surface area contributed by atoms with E-state index in [0.717, 1.165) is 42.5 Å². The SMILES string of the molecule is CN(CCOC(F)F)CCc1c[nH]c2cccc(OC3Cc4ccccc4C3)c12. The minimum absolute atomic E-state index is 0.0264. The predicted molar refractivity (Wildman–Crippen MR) is 110 cm³/mol. The Balaban J connectivity index is 1.42. The van der Waals surface area contributed by atoms with Crippen LogP contribution in [0.3, 0.4) is 0 Å². The van der Waals surface area contributed by atoms with Crippen LogP contribution in [0.2, 0.25) is 0 Å². The van der Waals surface area contributed by atoms with Crippen molar-refractivity contribution in [3.05, 3.63) is 65.4 Å². The van der Waals surface area contributed by atoms with E-state index in [-0.39, 0.29) is 12.7 Å². The van der Waals surface area contributed by atoms with Crippen LogP contribution in [0.4, 0.5) is 8.78 Å². The van der Waals surface area contributed by atoms with Gasteiger partial charge in [-0.15, -0.1) is 0 Å². The van der Waals surface area contributed by atoms with Crippen molar-refractivity contribution in [3.8, 4) is 5.75 Å². The van der Waals surface area contributed by atoms with E-state index in [1.54, 1.807) is 0 Å². The van der Waals surface area contributed by atoms with Gasteiger partial charge < -0.3 is 19.4 Å². The fourth-order valence-corrected chi connectivity index (χ4v) is 4.02. The van der Waals surface area contributed by atoms with Crippen LogP contribution in [0.5, 0.6) is 5.75 Å². The summed E-state index contributed by atoms with van der Waals surface area (Å²) >= 11 is 0. The number of hydrogen-bond donors (Lipinski definition) is 1. The molecule has 0 saturated heterocycles. The number of benzene rings is 2. The number of likely N-dealkylation sites (N-methyl/N-ethyl adjacent to an activating group) is 1. The van der Waals surface area contributed by atoms with E-state index in [1.165, 1.54) is 16.7 Å². The molecule has 0 spiro atoms. The average Bonchev–Trinajstić information content (AvgIpc) is 3.30. The molecule has 0 fully saturated rings. The monoisotopic (exact) mass is 400 g/mol. The molecule has 1 aliphatic carbocycles. The maximum Gasteiger partial charge on any atom is 0.345 e. The van der Waals surface area contributed by atoms with E-state index in [0.29, 0.717) is 6.54 Å². The standard InChI is InChI=1S/C23H26F2N2O2/c1-27(11-12-28-23(24)25)10-9-18-15-26-20-7-4-8-21(22(18)20)29-19-13-16-5-2-3-6-17(16)14-19/h2-8,15,19,23,26H,9-14H2,1H3. The first-order valence-electron chi connectivity index (χ1n) is 10.0. The molecule has 1 aliphatic rings. The van der Waals surface area contributed by atoms with Crippen molar-refractivity contribution < 1.29 is 18.3 Å². The van der Waals surface area contributed by atoms with Crippen LogP contribution in [0.15, 0.2) is 48.7 Å².